The van der Waals surface area contributed by atoms with E-state index in [1.807, 2.05) is 0 Å². The molecule has 1 aliphatic rings. The summed E-state index contributed by atoms with van der Waals surface area (Å²) in [7, 11) is 0. The summed E-state index contributed by atoms with van der Waals surface area (Å²) in [5, 5.41) is 0. The summed E-state index contributed by atoms with van der Waals surface area (Å²) >= 11 is 0.230. The van der Waals surface area contributed by atoms with Gasteiger partial charge in [-0.25, -0.2) is 0 Å². The second-order valence-electron chi connectivity index (χ2n) is 2.37. The van der Waals surface area contributed by atoms with E-state index in [2.05, 4.69) is 26.0 Å². The molecule has 0 radical (unpaired) electrons. The van der Waals surface area contributed by atoms with Crippen LogP contribution in [0.2, 0.25) is 4.47 Å². The van der Waals surface area contributed by atoms with E-state index in [9.17, 15) is 0 Å². The third kappa shape index (κ3) is 1.87. The van der Waals surface area contributed by atoms with Gasteiger partial charge in [-0.05, 0) is 0 Å². The number of hydrogen-bond acceptors (Lipinski definition) is 0. The van der Waals surface area contributed by atoms with E-state index in [1.165, 1.54) is 17.3 Å². The Labute approximate surface area is 73.5 Å². The Morgan fingerprint density at radius 1 is 1.40 bits per heavy atom. The molecule has 10 heavy (non-hydrogen) atoms. The van der Waals surface area contributed by atoms with Gasteiger partial charge in [-0.1, -0.05) is 0 Å². The first-order valence-corrected chi connectivity index (χ1v) is 6.71. The summed E-state index contributed by atoms with van der Waals surface area (Å²) in [6.45, 7) is 4.54. The van der Waals surface area contributed by atoms with Crippen molar-refractivity contribution in [1.29, 1.82) is 0 Å². The first-order valence-electron chi connectivity index (χ1n) is 3.89. The zero-order valence-electron chi connectivity index (χ0n) is 6.68. The normalized spacial score (nSPS) is 18.2. The molecular weight excluding hydrogens is 236 g/mol. The maximum atomic E-state index is 2.35. The molecule has 1 aliphatic heterocycles. The monoisotopic (exact) mass is 252 g/mol. The van der Waals surface area contributed by atoms with Crippen molar-refractivity contribution in [2.75, 3.05) is 0 Å². The predicted molar refractivity (Wildman–Crippen MR) is 47.3 cm³/mol. The fourth-order valence-corrected chi connectivity index (χ4v) is 4.01. The van der Waals surface area contributed by atoms with Gasteiger partial charge < -0.3 is 0 Å². The van der Waals surface area contributed by atoms with E-state index in [4.69, 9.17) is 0 Å². The molecule has 0 aromatic heterocycles. The van der Waals surface area contributed by atoms with Crippen LogP contribution in [0.15, 0.2) is 21.3 Å². The van der Waals surface area contributed by atoms with Crippen LogP contribution in [0, 0.1) is 0 Å². The van der Waals surface area contributed by atoms with Crippen LogP contribution in [0.3, 0.4) is 0 Å². The maximum absolute atomic E-state index is 2.35. The number of hydrogen-bond donors (Lipinski definition) is 0. The second kappa shape index (κ2) is 4.21. The summed E-state index contributed by atoms with van der Waals surface area (Å²) in [5.41, 5.74) is 1.64. The molecule has 0 saturated carbocycles. The van der Waals surface area contributed by atoms with E-state index in [0.717, 1.165) is 0 Å². The van der Waals surface area contributed by atoms with Crippen molar-refractivity contribution < 1.29 is 0 Å². The molecule has 0 fully saturated rings. The Hall–Kier alpha value is 0.270. The van der Waals surface area contributed by atoms with Crippen LogP contribution in [0.1, 0.15) is 26.7 Å². The van der Waals surface area contributed by atoms with Crippen LogP contribution in [0.4, 0.5) is 0 Å². The molecule has 1 heteroatoms. The Kier molecular flexibility index (Phi) is 3.52. The molecule has 0 spiro atoms. The van der Waals surface area contributed by atoms with E-state index in [-0.39, 0.29) is 20.9 Å². The van der Waals surface area contributed by atoms with Crippen molar-refractivity contribution in [3.05, 3.63) is 21.3 Å². The predicted octanol–water partition coefficient (Wildman–Crippen LogP) is 2.75. The van der Waals surface area contributed by atoms with Gasteiger partial charge in [0.25, 0.3) is 0 Å². The summed E-state index contributed by atoms with van der Waals surface area (Å²) in [4.78, 5) is 0. The van der Waals surface area contributed by atoms with Gasteiger partial charge in [0.15, 0.2) is 0 Å². The molecule has 0 nitrogen and oxygen atoms in total. The SMILES string of the molecule is CCC1=C(CC)[Te]CC=C1. The van der Waals surface area contributed by atoms with Crippen LogP contribution >= 0.6 is 0 Å². The molecule has 56 valence electrons. The topological polar surface area (TPSA) is 0 Å². The standard InChI is InChI=1S/C9H14Te/c1-3-8-6-5-7-10-9(8)4-2/h5-6H,3-4,7H2,1-2H3. The molecule has 0 saturated heterocycles. The molecule has 0 aliphatic carbocycles. The summed E-state index contributed by atoms with van der Waals surface area (Å²) < 4.78 is 3.19. The Morgan fingerprint density at radius 3 is 2.70 bits per heavy atom. The van der Waals surface area contributed by atoms with Gasteiger partial charge >= 0.3 is 73.4 Å². The fraction of sp³-hybridized carbons (Fsp3) is 0.556. The van der Waals surface area contributed by atoms with Crippen LogP contribution in [0.5, 0.6) is 0 Å². The van der Waals surface area contributed by atoms with Gasteiger partial charge in [-0.15, -0.1) is 0 Å². The van der Waals surface area contributed by atoms with Crippen molar-refractivity contribution in [3.8, 4) is 0 Å². The Balaban J connectivity index is 2.73. The molecule has 1 rings (SSSR count). The van der Waals surface area contributed by atoms with Crippen LogP contribution < -0.4 is 0 Å². The number of rotatable bonds is 2. The molecule has 0 atom stereocenters. The summed E-state index contributed by atoms with van der Waals surface area (Å²) in [6.07, 6.45) is 7.22. The van der Waals surface area contributed by atoms with Crippen molar-refractivity contribution in [1.82, 2.24) is 0 Å². The fourth-order valence-electron chi connectivity index (χ4n) is 1.17. The van der Waals surface area contributed by atoms with Gasteiger partial charge in [0.2, 0.25) is 0 Å². The van der Waals surface area contributed by atoms with Gasteiger partial charge in [-0.3, -0.25) is 0 Å². The van der Waals surface area contributed by atoms with E-state index >= 15 is 0 Å². The minimum atomic E-state index is 0.230. The molecule has 0 aromatic rings. The third-order valence-corrected chi connectivity index (χ3v) is 5.32. The van der Waals surface area contributed by atoms with Crippen LogP contribution in [-0.4, -0.2) is 20.9 Å². The first kappa shape index (κ1) is 8.37. The molecule has 0 bridgehead atoms. The molecular formula is C9H14Te. The average molecular weight is 250 g/mol. The van der Waals surface area contributed by atoms with Crippen molar-refractivity contribution in [2.45, 2.75) is 31.2 Å². The van der Waals surface area contributed by atoms with E-state index in [0.29, 0.717) is 0 Å². The molecule has 0 aromatic carbocycles. The van der Waals surface area contributed by atoms with Crippen LogP contribution in [0.25, 0.3) is 0 Å². The average Bonchev–Trinajstić information content (AvgIpc) is 2.04. The van der Waals surface area contributed by atoms with E-state index in [1.54, 1.807) is 9.19 Å². The van der Waals surface area contributed by atoms with Crippen molar-refractivity contribution in [3.63, 3.8) is 0 Å². The first-order chi connectivity index (χ1) is 4.88. The number of allylic oxidation sites excluding steroid dienone is 4. The molecule has 1 heterocycles. The van der Waals surface area contributed by atoms with Gasteiger partial charge in [-0.2, -0.15) is 0 Å². The zero-order chi connectivity index (χ0) is 7.40. The summed E-state index contributed by atoms with van der Waals surface area (Å²) in [6, 6.07) is 0. The Bertz CT molecular complexity index is 166. The van der Waals surface area contributed by atoms with Crippen molar-refractivity contribution in [2.24, 2.45) is 0 Å². The Morgan fingerprint density at radius 2 is 2.20 bits per heavy atom. The van der Waals surface area contributed by atoms with Crippen LogP contribution in [-0.2, 0) is 0 Å². The van der Waals surface area contributed by atoms with Gasteiger partial charge in [0.05, 0.1) is 0 Å². The molecule has 0 N–H and O–H groups in total. The van der Waals surface area contributed by atoms with E-state index < -0.39 is 0 Å². The third-order valence-electron chi connectivity index (χ3n) is 1.73. The van der Waals surface area contributed by atoms with Gasteiger partial charge in [0.1, 0.15) is 0 Å². The van der Waals surface area contributed by atoms with Crippen molar-refractivity contribution >= 4 is 20.9 Å². The summed E-state index contributed by atoms with van der Waals surface area (Å²) in [5.74, 6) is 0. The molecule has 0 unspecified atom stereocenters. The van der Waals surface area contributed by atoms with Gasteiger partial charge in [0, 0.05) is 0 Å². The quantitative estimate of drug-likeness (QED) is 0.661. The minimum absolute atomic E-state index is 0.230. The molecule has 0 amide bonds. The second-order valence-corrected chi connectivity index (χ2v) is 5.55. The zero-order valence-corrected chi connectivity index (χ0v) is 9.01.